The van der Waals surface area contributed by atoms with E-state index in [0.717, 1.165) is 17.3 Å². The molecule has 1 amide bonds. The predicted octanol–water partition coefficient (Wildman–Crippen LogP) is 2.20. The van der Waals surface area contributed by atoms with Crippen LogP contribution >= 0.6 is 15.9 Å². The van der Waals surface area contributed by atoms with E-state index in [9.17, 15) is 14.7 Å². The van der Waals surface area contributed by atoms with Crippen LogP contribution in [-0.2, 0) is 9.59 Å². The first kappa shape index (κ1) is 14.8. The molecule has 2 rings (SSSR count). The molecule has 1 atom stereocenters. The lowest BCUT2D eigenvalue weighted by atomic mass is 9.96. The highest BCUT2D eigenvalue weighted by Gasteiger charge is 2.48. The number of amides is 1. The van der Waals surface area contributed by atoms with Gasteiger partial charge in [0.2, 0.25) is 0 Å². The van der Waals surface area contributed by atoms with E-state index in [2.05, 4.69) is 21.2 Å². The number of hydrogen-bond acceptors (Lipinski definition) is 3. The van der Waals surface area contributed by atoms with Crippen molar-refractivity contribution in [1.82, 2.24) is 5.32 Å². The fourth-order valence-electron chi connectivity index (χ4n) is 2.02. The Balaban J connectivity index is 1.90. The van der Waals surface area contributed by atoms with Gasteiger partial charge in [0.15, 0.2) is 6.61 Å². The fourth-order valence-corrected chi connectivity index (χ4v) is 2.40. The van der Waals surface area contributed by atoms with Crippen LogP contribution < -0.4 is 10.1 Å². The normalized spacial score (nSPS) is 17.1. The molecule has 1 aliphatic rings. The Bertz CT molecular complexity index is 530. The highest BCUT2D eigenvalue weighted by Crippen LogP contribution is 2.39. The third-order valence-electron chi connectivity index (χ3n) is 3.40. The molecule has 5 nitrogen and oxygen atoms in total. The van der Waals surface area contributed by atoms with Crippen molar-refractivity contribution in [2.24, 2.45) is 5.92 Å². The van der Waals surface area contributed by atoms with Crippen molar-refractivity contribution >= 4 is 27.8 Å². The highest BCUT2D eigenvalue weighted by atomic mass is 79.9. The number of carbonyl (C=O) groups excluding carboxylic acids is 1. The Morgan fingerprint density at radius 2 is 2.20 bits per heavy atom. The molecule has 0 saturated heterocycles. The minimum Gasteiger partial charge on any atom is -0.484 e. The Kier molecular flexibility index (Phi) is 4.32. The first-order chi connectivity index (χ1) is 9.41. The van der Waals surface area contributed by atoms with Crippen molar-refractivity contribution in [3.05, 3.63) is 28.7 Å². The third-order valence-corrected chi connectivity index (χ3v) is 3.90. The second-order valence-corrected chi connectivity index (χ2v) is 5.99. The molecule has 1 saturated carbocycles. The van der Waals surface area contributed by atoms with Gasteiger partial charge in [-0.1, -0.05) is 22.0 Å². The second-order valence-electron chi connectivity index (χ2n) is 5.08. The lowest BCUT2D eigenvalue weighted by Crippen LogP contribution is -2.55. The highest BCUT2D eigenvalue weighted by molar-refractivity contribution is 9.10. The van der Waals surface area contributed by atoms with Crippen LogP contribution in [0.4, 0.5) is 0 Å². The van der Waals surface area contributed by atoms with Gasteiger partial charge < -0.3 is 15.2 Å². The number of hydrogen-bond donors (Lipinski definition) is 2. The van der Waals surface area contributed by atoms with Gasteiger partial charge in [-0.25, -0.2) is 4.79 Å². The molecule has 1 aliphatic carbocycles. The smallest absolute Gasteiger partial charge is 0.329 e. The number of ether oxygens (including phenoxy) is 1. The predicted molar refractivity (Wildman–Crippen MR) is 76.5 cm³/mol. The van der Waals surface area contributed by atoms with Crippen LogP contribution in [0.1, 0.15) is 19.8 Å². The second kappa shape index (κ2) is 5.83. The summed E-state index contributed by atoms with van der Waals surface area (Å²) in [7, 11) is 0. The Morgan fingerprint density at radius 1 is 1.50 bits per heavy atom. The summed E-state index contributed by atoms with van der Waals surface area (Å²) in [6, 6.07) is 7.12. The maximum absolute atomic E-state index is 11.8. The molecule has 1 unspecified atom stereocenters. The standard InChI is InChI=1S/C14H16BrNO4/c1-14(13(18)19,9-5-6-9)16-12(17)8-20-11-4-2-3-10(15)7-11/h2-4,7,9H,5-6,8H2,1H3,(H,16,17)(H,18,19). The lowest BCUT2D eigenvalue weighted by molar-refractivity contribution is -0.148. The molecule has 0 spiro atoms. The van der Waals surface area contributed by atoms with Crippen LogP contribution in [0.15, 0.2) is 28.7 Å². The van der Waals surface area contributed by atoms with E-state index in [1.807, 2.05) is 6.07 Å². The summed E-state index contributed by atoms with van der Waals surface area (Å²) in [6.07, 6.45) is 1.66. The van der Waals surface area contributed by atoms with Gasteiger partial charge in [-0.15, -0.1) is 0 Å². The van der Waals surface area contributed by atoms with Gasteiger partial charge in [0.1, 0.15) is 11.3 Å². The number of rotatable bonds is 6. The van der Waals surface area contributed by atoms with E-state index in [-0.39, 0.29) is 12.5 Å². The van der Waals surface area contributed by atoms with Crippen LogP contribution in [0.5, 0.6) is 5.75 Å². The van der Waals surface area contributed by atoms with Crippen molar-refractivity contribution in [3.8, 4) is 5.75 Å². The SMILES string of the molecule is CC(NC(=O)COc1cccc(Br)c1)(C(=O)O)C1CC1. The maximum atomic E-state index is 11.8. The summed E-state index contributed by atoms with van der Waals surface area (Å²) in [5.41, 5.74) is -1.20. The molecule has 0 radical (unpaired) electrons. The molecular weight excluding hydrogens is 326 g/mol. The van der Waals surface area contributed by atoms with E-state index in [4.69, 9.17) is 4.74 Å². The van der Waals surface area contributed by atoms with Crippen molar-refractivity contribution in [1.29, 1.82) is 0 Å². The molecule has 0 heterocycles. The van der Waals surface area contributed by atoms with Crippen LogP contribution in [0.2, 0.25) is 0 Å². The molecule has 1 aromatic carbocycles. The number of aliphatic carboxylic acids is 1. The molecule has 108 valence electrons. The molecular formula is C14H16BrNO4. The zero-order valence-corrected chi connectivity index (χ0v) is 12.6. The zero-order chi connectivity index (χ0) is 14.8. The zero-order valence-electron chi connectivity index (χ0n) is 11.1. The van der Waals surface area contributed by atoms with Crippen LogP contribution in [0.3, 0.4) is 0 Å². The largest absolute Gasteiger partial charge is 0.484 e. The van der Waals surface area contributed by atoms with Crippen LogP contribution in [0.25, 0.3) is 0 Å². The third kappa shape index (κ3) is 3.50. The number of carboxylic acid groups (broad SMARTS) is 1. The van der Waals surface area contributed by atoms with Crippen LogP contribution in [0, 0.1) is 5.92 Å². The minimum absolute atomic E-state index is 0.00909. The summed E-state index contributed by atoms with van der Waals surface area (Å²) in [4.78, 5) is 23.1. The minimum atomic E-state index is -1.20. The summed E-state index contributed by atoms with van der Waals surface area (Å²) < 4.78 is 6.19. The Labute approximate surface area is 125 Å². The molecule has 20 heavy (non-hydrogen) atoms. The first-order valence-corrected chi connectivity index (χ1v) is 7.14. The van der Waals surface area contributed by atoms with E-state index in [1.54, 1.807) is 25.1 Å². The number of benzene rings is 1. The topological polar surface area (TPSA) is 75.6 Å². The van der Waals surface area contributed by atoms with E-state index in [0.29, 0.717) is 5.75 Å². The fraction of sp³-hybridized carbons (Fsp3) is 0.429. The summed E-state index contributed by atoms with van der Waals surface area (Å²) in [6.45, 7) is 1.34. The van der Waals surface area contributed by atoms with Gasteiger partial charge in [0.05, 0.1) is 0 Å². The Morgan fingerprint density at radius 3 is 2.75 bits per heavy atom. The van der Waals surface area contributed by atoms with Crippen LogP contribution in [-0.4, -0.2) is 29.1 Å². The van der Waals surface area contributed by atoms with Crippen molar-refractivity contribution in [2.75, 3.05) is 6.61 Å². The average Bonchev–Trinajstić information content (AvgIpc) is 3.20. The van der Waals surface area contributed by atoms with Gasteiger partial charge in [-0.05, 0) is 43.9 Å². The molecule has 0 aliphatic heterocycles. The lowest BCUT2D eigenvalue weighted by Gasteiger charge is -2.26. The average molecular weight is 342 g/mol. The first-order valence-electron chi connectivity index (χ1n) is 6.34. The molecule has 0 bridgehead atoms. The monoisotopic (exact) mass is 341 g/mol. The number of nitrogens with one attached hydrogen (secondary N) is 1. The summed E-state index contributed by atoms with van der Waals surface area (Å²) in [5, 5.41) is 11.8. The number of halogens is 1. The molecule has 6 heteroatoms. The van der Waals surface area contributed by atoms with Crippen molar-refractivity contribution in [2.45, 2.75) is 25.3 Å². The maximum Gasteiger partial charge on any atom is 0.329 e. The number of carboxylic acids is 1. The van der Waals surface area contributed by atoms with Gasteiger partial charge in [-0.2, -0.15) is 0 Å². The van der Waals surface area contributed by atoms with Gasteiger partial charge in [0, 0.05) is 4.47 Å². The van der Waals surface area contributed by atoms with E-state index < -0.39 is 17.4 Å². The molecule has 1 fully saturated rings. The van der Waals surface area contributed by atoms with E-state index >= 15 is 0 Å². The van der Waals surface area contributed by atoms with Gasteiger partial charge >= 0.3 is 5.97 Å². The molecule has 0 aromatic heterocycles. The summed E-state index contributed by atoms with van der Waals surface area (Å²) >= 11 is 3.31. The quantitative estimate of drug-likeness (QED) is 0.831. The van der Waals surface area contributed by atoms with Crippen molar-refractivity contribution in [3.63, 3.8) is 0 Å². The van der Waals surface area contributed by atoms with Gasteiger partial charge in [0.25, 0.3) is 5.91 Å². The number of carbonyl (C=O) groups is 2. The molecule has 1 aromatic rings. The molecule has 2 N–H and O–H groups in total. The van der Waals surface area contributed by atoms with E-state index in [1.165, 1.54) is 0 Å². The Hall–Kier alpha value is -1.56. The van der Waals surface area contributed by atoms with Crippen molar-refractivity contribution < 1.29 is 19.4 Å². The summed E-state index contributed by atoms with van der Waals surface area (Å²) in [5.74, 6) is -0.870. The van der Waals surface area contributed by atoms with Gasteiger partial charge in [-0.3, -0.25) is 4.79 Å².